The van der Waals surface area contributed by atoms with Crippen molar-refractivity contribution in [2.45, 2.75) is 51.9 Å². The molecule has 1 unspecified atom stereocenters. The van der Waals surface area contributed by atoms with Gasteiger partial charge in [0.2, 0.25) is 0 Å². The second kappa shape index (κ2) is 8.33. The van der Waals surface area contributed by atoms with Gasteiger partial charge in [0.15, 0.2) is 17.5 Å². The summed E-state index contributed by atoms with van der Waals surface area (Å²) >= 11 is 0. The standard InChI is InChI=1S/C25H26F4/c1-2-3-15-4-6-16(7-5-15)17-8-10-20-18(12-17)9-11-21(24(20)28)19-13-22(26)25(29)23(27)14-19/h2-3,9,11,13-17H,4-8,10,12H2,1H3. The molecule has 1 saturated carbocycles. The van der Waals surface area contributed by atoms with Gasteiger partial charge in [0.05, 0.1) is 0 Å². The first kappa shape index (κ1) is 20.2. The monoisotopic (exact) mass is 402 g/mol. The number of fused-ring (bicyclic) bond motifs is 1. The van der Waals surface area contributed by atoms with Crippen molar-refractivity contribution in [2.75, 3.05) is 0 Å². The van der Waals surface area contributed by atoms with Crippen LogP contribution in [-0.2, 0) is 12.8 Å². The quantitative estimate of drug-likeness (QED) is 0.285. The molecule has 0 saturated heterocycles. The molecule has 0 amide bonds. The van der Waals surface area contributed by atoms with Crippen LogP contribution in [-0.4, -0.2) is 0 Å². The maximum Gasteiger partial charge on any atom is 0.194 e. The van der Waals surface area contributed by atoms with E-state index >= 15 is 4.39 Å². The van der Waals surface area contributed by atoms with E-state index in [4.69, 9.17) is 0 Å². The lowest BCUT2D eigenvalue weighted by molar-refractivity contribution is 0.205. The SMILES string of the molecule is CC=CC1CCC(C2CCc3c(ccc(-c4cc(F)c(F)c(F)c4)c3F)C2)CC1. The van der Waals surface area contributed by atoms with Crippen LogP contribution < -0.4 is 0 Å². The van der Waals surface area contributed by atoms with Crippen LogP contribution in [0.15, 0.2) is 36.4 Å². The summed E-state index contributed by atoms with van der Waals surface area (Å²) in [4.78, 5) is 0. The molecule has 154 valence electrons. The summed E-state index contributed by atoms with van der Waals surface area (Å²) in [5.74, 6) is -2.60. The first-order valence-corrected chi connectivity index (χ1v) is 10.6. The molecule has 2 aromatic rings. The number of benzene rings is 2. The van der Waals surface area contributed by atoms with Crippen molar-refractivity contribution < 1.29 is 17.6 Å². The molecule has 0 heterocycles. The third-order valence-corrected chi connectivity index (χ3v) is 6.83. The summed E-state index contributed by atoms with van der Waals surface area (Å²) in [6, 6.07) is 5.17. The highest BCUT2D eigenvalue weighted by molar-refractivity contribution is 5.66. The third kappa shape index (κ3) is 3.99. The molecule has 0 nitrogen and oxygen atoms in total. The van der Waals surface area contributed by atoms with Crippen molar-refractivity contribution >= 4 is 0 Å². The molecule has 1 fully saturated rings. The van der Waals surface area contributed by atoms with Gasteiger partial charge < -0.3 is 0 Å². The van der Waals surface area contributed by atoms with Gasteiger partial charge in [0.25, 0.3) is 0 Å². The van der Waals surface area contributed by atoms with Crippen LogP contribution in [0.25, 0.3) is 11.1 Å². The third-order valence-electron chi connectivity index (χ3n) is 6.83. The smallest absolute Gasteiger partial charge is 0.194 e. The van der Waals surface area contributed by atoms with E-state index in [0.717, 1.165) is 30.5 Å². The second-order valence-corrected chi connectivity index (χ2v) is 8.52. The Kier molecular flexibility index (Phi) is 5.80. The molecule has 2 aliphatic carbocycles. The highest BCUT2D eigenvalue weighted by atomic mass is 19.2. The van der Waals surface area contributed by atoms with Crippen molar-refractivity contribution in [3.63, 3.8) is 0 Å². The predicted octanol–water partition coefficient (Wildman–Crippen LogP) is 7.40. The van der Waals surface area contributed by atoms with Crippen molar-refractivity contribution in [1.82, 2.24) is 0 Å². The molecule has 0 aliphatic heterocycles. The van der Waals surface area contributed by atoms with E-state index in [1.165, 1.54) is 25.7 Å². The largest absolute Gasteiger partial charge is 0.206 e. The Morgan fingerprint density at radius 2 is 1.52 bits per heavy atom. The Labute approximate surface area is 169 Å². The maximum atomic E-state index is 15.2. The summed E-state index contributed by atoms with van der Waals surface area (Å²) in [5, 5.41) is 0. The van der Waals surface area contributed by atoms with Gasteiger partial charge in [-0.1, -0.05) is 24.3 Å². The zero-order valence-corrected chi connectivity index (χ0v) is 16.7. The lowest BCUT2D eigenvalue weighted by atomic mass is 9.69. The van der Waals surface area contributed by atoms with Gasteiger partial charge in [0, 0.05) is 5.56 Å². The van der Waals surface area contributed by atoms with Crippen molar-refractivity contribution in [3.8, 4) is 11.1 Å². The molecule has 4 heteroatoms. The van der Waals surface area contributed by atoms with Crippen LogP contribution in [0.2, 0.25) is 0 Å². The fourth-order valence-corrected chi connectivity index (χ4v) is 5.25. The minimum Gasteiger partial charge on any atom is -0.206 e. The Bertz CT molecular complexity index is 900. The van der Waals surface area contributed by atoms with Gasteiger partial charge in [-0.2, -0.15) is 0 Å². The molecule has 0 N–H and O–H groups in total. The molecule has 0 aromatic heterocycles. The first-order valence-electron chi connectivity index (χ1n) is 10.6. The summed E-state index contributed by atoms with van der Waals surface area (Å²) in [6.07, 6.45) is 11.8. The average molecular weight is 402 g/mol. The van der Waals surface area contributed by atoms with Crippen molar-refractivity contribution in [3.05, 3.63) is 70.8 Å². The number of rotatable bonds is 3. The number of halogens is 4. The van der Waals surface area contributed by atoms with Crippen LogP contribution in [0, 0.1) is 41.0 Å². The van der Waals surface area contributed by atoms with Crippen LogP contribution in [0.4, 0.5) is 17.6 Å². The molecule has 4 rings (SSSR count). The molecule has 2 aliphatic rings. The van der Waals surface area contributed by atoms with Crippen LogP contribution in [0.1, 0.15) is 50.2 Å². The zero-order valence-electron chi connectivity index (χ0n) is 16.7. The summed E-state index contributed by atoms with van der Waals surface area (Å²) in [5.41, 5.74) is 1.81. The van der Waals surface area contributed by atoms with Crippen LogP contribution in [0.5, 0.6) is 0 Å². The average Bonchev–Trinajstić information content (AvgIpc) is 2.72. The van der Waals surface area contributed by atoms with Crippen LogP contribution in [0.3, 0.4) is 0 Å². The summed E-state index contributed by atoms with van der Waals surface area (Å²) in [6.45, 7) is 2.07. The van der Waals surface area contributed by atoms with Crippen molar-refractivity contribution in [1.29, 1.82) is 0 Å². The van der Waals surface area contributed by atoms with E-state index in [-0.39, 0.29) is 11.1 Å². The molecular weight excluding hydrogens is 376 g/mol. The predicted molar refractivity (Wildman–Crippen MR) is 107 cm³/mol. The fraction of sp³-hybridized carbons (Fsp3) is 0.440. The Morgan fingerprint density at radius 3 is 2.17 bits per heavy atom. The minimum atomic E-state index is -1.53. The van der Waals surface area contributed by atoms with E-state index < -0.39 is 23.3 Å². The number of hydrogen-bond donors (Lipinski definition) is 0. The van der Waals surface area contributed by atoms with E-state index in [9.17, 15) is 13.2 Å². The minimum absolute atomic E-state index is 0.0334. The van der Waals surface area contributed by atoms with E-state index in [0.29, 0.717) is 29.7 Å². The van der Waals surface area contributed by atoms with Crippen LogP contribution >= 0.6 is 0 Å². The van der Waals surface area contributed by atoms with E-state index in [2.05, 4.69) is 19.1 Å². The van der Waals surface area contributed by atoms with E-state index in [1.54, 1.807) is 6.07 Å². The second-order valence-electron chi connectivity index (χ2n) is 8.52. The highest BCUT2D eigenvalue weighted by Crippen LogP contribution is 2.41. The first-order chi connectivity index (χ1) is 14.0. The van der Waals surface area contributed by atoms with Gasteiger partial charge in [0.1, 0.15) is 5.82 Å². The van der Waals surface area contributed by atoms with Gasteiger partial charge in [-0.15, -0.1) is 0 Å². The topological polar surface area (TPSA) is 0 Å². The lowest BCUT2D eigenvalue weighted by Gasteiger charge is -2.36. The zero-order chi connectivity index (χ0) is 20.5. The molecule has 1 atom stereocenters. The molecular formula is C25H26F4. The summed E-state index contributed by atoms with van der Waals surface area (Å²) in [7, 11) is 0. The molecule has 0 bridgehead atoms. The Hall–Kier alpha value is -2.10. The molecule has 2 aromatic carbocycles. The van der Waals surface area contributed by atoms with Gasteiger partial charge in [-0.25, -0.2) is 17.6 Å². The Morgan fingerprint density at radius 1 is 0.828 bits per heavy atom. The molecule has 29 heavy (non-hydrogen) atoms. The van der Waals surface area contributed by atoms with Gasteiger partial charge in [-0.3, -0.25) is 0 Å². The van der Waals surface area contributed by atoms with E-state index in [1.807, 2.05) is 6.07 Å². The number of hydrogen-bond acceptors (Lipinski definition) is 0. The fourth-order valence-electron chi connectivity index (χ4n) is 5.25. The van der Waals surface area contributed by atoms with Gasteiger partial charge >= 0.3 is 0 Å². The highest BCUT2D eigenvalue weighted by Gasteiger charge is 2.31. The summed E-state index contributed by atoms with van der Waals surface area (Å²) < 4.78 is 55.6. The van der Waals surface area contributed by atoms with Crippen molar-refractivity contribution in [2.24, 2.45) is 17.8 Å². The van der Waals surface area contributed by atoms with Gasteiger partial charge in [-0.05, 0) is 98.4 Å². The Balaban J connectivity index is 1.53. The molecule has 0 radical (unpaired) electrons. The molecule has 0 spiro atoms. The maximum absolute atomic E-state index is 15.2. The lowest BCUT2D eigenvalue weighted by Crippen LogP contribution is -2.26. The normalized spacial score (nSPS) is 24.7. The number of allylic oxidation sites excluding steroid dienone is 2.